The molecule has 1 spiro atoms. The molecule has 0 bridgehead atoms. The first-order chi connectivity index (χ1) is 30.6. The SMILES string of the molecule is O=C1CCC(Nc2ccc(N3CCN(CC4CC45CCN(C(=O)c4ccc(Nc6ncc(F)c(Nc7ccc(C(=O)Nc8ccccc8Cl)cc7)n6)cc4)CC5)CC3)cc2)C(=O)N1. The topological polar surface area (TPSA) is 164 Å². The highest BCUT2D eigenvalue weighted by molar-refractivity contribution is 6.33. The zero-order chi connectivity index (χ0) is 43.5. The van der Waals surface area contributed by atoms with E-state index in [1.54, 1.807) is 72.8 Å². The molecule has 1 aliphatic carbocycles. The maximum Gasteiger partial charge on any atom is 0.255 e. The number of rotatable bonds is 12. The molecule has 14 nitrogen and oxygen atoms in total. The highest BCUT2D eigenvalue weighted by atomic mass is 35.5. The summed E-state index contributed by atoms with van der Waals surface area (Å²) in [5.41, 5.74) is 5.04. The van der Waals surface area contributed by atoms with Gasteiger partial charge in [0, 0.05) is 86.1 Å². The molecule has 2 atom stereocenters. The molecule has 9 rings (SSSR count). The highest BCUT2D eigenvalue weighted by Gasteiger charge is 2.55. The lowest BCUT2D eigenvalue weighted by Gasteiger charge is -2.37. The highest BCUT2D eigenvalue weighted by Crippen LogP contribution is 2.59. The van der Waals surface area contributed by atoms with Crippen molar-refractivity contribution in [2.75, 3.05) is 72.0 Å². The third-order valence-corrected chi connectivity index (χ3v) is 13.1. The number of nitrogens with one attached hydrogen (secondary N) is 5. The summed E-state index contributed by atoms with van der Waals surface area (Å²) in [6.07, 6.45) is 5.17. The second-order valence-electron chi connectivity index (χ2n) is 16.8. The molecule has 4 fully saturated rings. The lowest BCUT2D eigenvalue weighted by atomic mass is 9.90. The van der Waals surface area contributed by atoms with Crippen LogP contribution in [0.4, 0.5) is 44.6 Å². The summed E-state index contributed by atoms with van der Waals surface area (Å²) in [5.74, 6) is -0.663. The molecule has 324 valence electrons. The van der Waals surface area contributed by atoms with Crippen molar-refractivity contribution in [3.8, 4) is 0 Å². The van der Waals surface area contributed by atoms with E-state index in [0.717, 1.165) is 70.5 Å². The number of carbonyl (C=O) groups is 4. The van der Waals surface area contributed by atoms with E-state index in [1.165, 1.54) is 12.1 Å². The van der Waals surface area contributed by atoms with Gasteiger partial charge >= 0.3 is 0 Å². The molecule has 1 saturated carbocycles. The average Bonchev–Trinajstić information content (AvgIpc) is 3.96. The molecule has 2 unspecified atom stereocenters. The van der Waals surface area contributed by atoms with Crippen LogP contribution in [0.2, 0.25) is 5.02 Å². The van der Waals surface area contributed by atoms with Gasteiger partial charge in [-0.1, -0.05) is 23.7 Å². The average molecular weight is 871 g/mol. The molecule has 63 heavy (non-hydrogen) atoms. The summed E-state index contributed by atoms with van der Waals surface area (Å²) in [5, 5.41) is 14.9. The van der Waals surface area contributed by atoms with Crippen LogP contribution in [0.1, 0.15) is 52.8 Å². The number of aromatic nitrogens is 2. The normalized spacial score (nSPS) is 19.6. The number of nitrogens with zero attached hydrogens (tertiary/aromatic N) is 5. The maximum atomic E-state index is 14.8. The Balaban J connectivity index is 0.706. The van der Waals surface area contributed by atoms with Crippen molar-refractivity contribution in [1.82, 2.24) is 25.1 Å². The molecule has 4 heterocycles. The third kappa shape index (κ3) is 9.74. The Hall–Kier alpha value is -6.58. The first kappa shape index (κ1) is 41.8. The predicted octanol–water partition coefficient (Wildman–Crippen LogP) is 7.29. The Bertz CT molecular complexity index is 2490. The zero-order valence-electron chi connectivity index (χ0n) is 34.6. The fourth-order valence-electron chi connectivity index (χ4n) is 8.88. The number of halogens is 2. The Kier molecular flexibility index (Phi) is 11.9. The van der Waals surface area contributed by atoms with E-state index < -0.39 is 11.9 Å². The van der Waals surface area contributed by atoms with Gasteiger partial charge < -0.3 is 31.1 Å². The lowest BCUT2D eigenvalue weighted by molar-refractivity contribution is -0.133. The molecule has 0 radical (unpaired) electrons. The Morgan fingerprint density at radius 2 is 1.48 bits per heavy atom. The molecule has 3 saturated heterocycles. The maximum absolute atomic E-state index is 14.8. The molecule has 4 aromatic carbocycles. The van der Waals surface area contributed by atoms with Crippen molar-refractivity contribution < 1.29 is 23.6 Å². The summed E-state index contributed by atoms with van der Waals surface area (Å²) in [6.45, 7) is 6.51. The van der Waals surface area contributed by atoms with Gasteiger partial charge in [-0.25, -0.2) is 9.37 Å². The number of para-hydroxylation sites is 1. The molecule has 5 N–H and O–H groups in total. The number of amides is 4. The first-order valence-corrected chi connectivity index (χ1v) is 21.7. The summed E-state index contributed by atoms with van der Waals surface area (Å²) in [7, 11) is 0. The van der Waals surface area contributed by atoms with Crippen molar-refractivity contribution in [2.45, 2.75) is 38.1 Å². The summed E-state index contributed by atoms with van der Waals surface area (Å²) < 4.78 is 14.8. The molecule has 16 heteroatoms. The summed E-state index contributed by atoms with van der Waals surface area (Å²) >= 11 is 6.16. The quantitative estimate of drug-likeness (QED) is 0.0801. The number of anilines is 7. The van der Waals surface area contributed by atoms with Gasteiger partial charge in [0.25, 0.3) is 11.8 Å². The second kappa shape index (κ2) is 18.0. The van der Waals surface area contributed by atoms with Crippen LogP contribution in [0.25, 0.3) is 0 Å². The van der Waals surface area contributed by atoms with Gasteiger partial charge in [-0.15, -0.1) is 0 Å². The lowest BCUT2D eigenvalue weighted by Crippen LogP contribution is -2.47. The van der Waals surface area contributed by atoms with Gasteiger partial charge in [0.1, 0.15) is 6.04 Å². The van der Waals surface area contributed by atoms with E-state index in [-0.39, 0.29) is 35.4 Å². The van der Waals surface area contributed by atoms with Gasteiger partial charge in [0.05, 0.1) is 16.9 Å². The number of hydrogen-bond donors (Lipinski definition) is 5. The number of hydrogen-bond acceptors (Lipinski definition) is 11. The number of benzene rings is 4. The van der Waals surface area contributed by atoms with Crippen LogP contribution >= 0.6 is 11.6 Å². The van der Waals surface area contributed by atoms with Gasteiger partial charge in [0.15, 0.2) is 11.6 Å². The van der Waals surface area contributed by atoms with E-state index >= 15 is 0 Å². The van der Waals surface area contributed by atoms with Gasteiger partial charge in [0.2, 0.25) is 17.8 Å². The van der Waals surface area contributed by atoms with Gasteiger partial charge in [-0.2, -0.15) is 4.98 Å². The minimum absolute atomic E-state index is 0.0152. The molecule has 4 amide bonds. The van der Waals surface area contributed by atoms with Crippen LogP contribution in [-0.2, 0) is 9.59 Å². The van der Waals surface area contributed by atoms with Crippen molar-refractivity contribution in [1.29, 1.82) is 0 Å². The molecular weight excluding hydrogens is 823 g/mol. The van der Waals surface area contributed by atoms with E-state index in [2.05, 4.69) is 58.5 Å². The number of carbonyl (C=O) groups excluding carboxylic acids is 4. The predicted molar refractivity (Wildman–Crippen MR) is 241 cm³/mol. The van der Waals surface area contributed by atoms with E-state index in [9.17, 15) is 23.6 Å². The van der Waals surface area contributed by atoms with Crippen molar-refractivity contribution in [3.05, 3.63) is 125 Å². The molecule has 3 aliphatic heterocycles. The standard InChI is InChI=1S/C47H48ClFN10O4/c48-37-3-1-2-4-39(37)54-43(61)30-5-9-34(10-6-30)52-42-38(49)28-50-46(56-42)53-35-11-7-31(8-12-35)45(63)59-21-19-47(20-22-59)27-32(47)29-57-23-25-58(26-24-57)36-15-13-33(14-16-36)51-40-17-18-41(60)55-44(40)62/h1-16,28,32,40,51H,17-27,29H2,(H,54,61)(H,55,60,62)(H2,50,52,53,56). The van der Waals surface area contributed by atoms with Crippen LogP contribution in [-0.4, -0.2) is 95.3 Å². The monoisotopic (exact) mass is 870 g/mol. The zero-order valence-corrected chi connectivity index (χ0v) is 35.3. The molecule has 1 aromatic heterocycles. The van der Waals surface area contributed by atoms with Gasteiger partial charge in [-0.05, 0) is 122 Å². The van der Waals surface area contributed by atoms with Crippen molar-refractivity contribution in [3.63, 3.8) is 0 Å². The molecule has 4 aliphatic rings. The van der Waals surface area contributed by atoms with E-state index in [1.807, 2.05) is 17.0 Å². The van der Waals surface area contributed by atoms with Crippen LogP contribution in [0.15, 0.2) is 103 Å². The first-order valence-electron chi connectivity index (χ1n) is 21.4. The number of likely N-dealkylation sites (tertiary alicyclic amines) is 1. The number of imide groups is 1. The Labute approximate surface area is 369 Å². The number of piperazine rings is 1. The second-order valence-corrected chi connectivity index (χ2v) is 17.2. The van der Waals surface area contributed by atoms with Crippen LogP contribution in [0, 0.1) is 17.2 Å². The largest absolute Gasteiger partial charge is 0.374 e. The van der Waals surface area contributed by atoms with E-state index in [4.69, 9.17) is 11.6 Å². The Morgan fingerprint density at radius 3 is 2.17 bits per heavy atom. The molecular formula is C47H48ClFN10O4. The minimum Gasteiger partial charge on any atom is -0.374 e. The van der Waals surface area contributed by atoms with Crippen molar-refractivity contribution in [2.24, 2.45) is 11.3 Å². The smallest absolute Gasteiger partial charge is 0.255 e. The van der Waals surface area contributed by atoms with Crippen LogP contribution in [0.3, 0.4) is 0 Å². The van der Waals surface area contributed by atoms with Crippen LogP contribution < -0.4 is 31.5 Å². The van der Waals surface area contributed by atoms with E-state index in [0.29, 0.717) is 57.4 Å². The van der Waals surface area contributed by atoms with Crippen molar-refractivity contribution >= 4 is 75.4 Å². The summed E-state index contributed by atoms with van der Waals surface area (Å²) in [6, 6.07) is 28.4. The third-order valence-electron chi connectivity index (χ3n) is 12.7. The fourth-order valence-corrected chi connectivity index (χ4v) is 9.06. The minimum atomic E-state index is -0.648. The van der Waals surface area contributed by atoms with Crippen LogP contribution in [0.5, 0.6) is 0 Å². The fraction of sp³-hybridized carbons (Fsp3) is 0.319. The molecule has 5 aromatic rings. The van der Waals surface area contributed by atoms with Gasteiger partial charge in [-0.3, -0.25) is 29.4 Å². The number of piperidine rings is 2. The Morgan fingerprint density at radius 1 is 0.810 bits per heavy atom. The summed E-state index contributed by atoms with van der Waals surface area (Å²) in [4.78, 5) is 65.2.